The predicted octanol–water partition coefficient (Wildman–Crippen LogP) is 6.86. The van der Waals surface area contributed by atoms with Crippen LogP contribution in [0.1, 0.15) is 72.9 Å². The van der Waals surface area contributed by atoms with Gasteiger partial charge in [0.05, 0.1) is 40.2 Å². The lowest BCUT2D eigenvalue weighted by Crippen LogP contribution is -2.44. The second-order valence-electron chi connectivity index (χ2n) is 12.1. The molecule has 1 fully saturated rings. The molecule has 3 aromatic rings. The SMILES string of the molecule is CC(C)(C)OC(=O)[C@]1(Cc2cncc(Nc3ccnn3C(C)(C)C)n2)CC[C@@H](Oc2cccc(Cl)c2F)CC1. The van der Waals surface area contributed by atoms with Crippen LogP contribution in [0.15, 0.2) is 42.9 Å². The molecule has 2 aromatic heterocycles. The van der Waals surface area contributed by atoms with E-state index in [1.54, 1.807) is 30.7 Å². The lowest BCUT2D eigenvalue weighted by Gasteiger charge is -2.39. The molecule has 39 heavy (non-hydrogen) atoms. The van der Waals surface area contributed by atoms with Crippen molar-refractivity contribution >= 4 is 29.2 Å². The molecule has 1 aromatic carbocycles. The van der Waals surface area contributed by atoms with E-state index in [1.807, 2.05) is 31.5 Å². The van der Waals surface area contributed by atoms with E-state index in [9.17, 15) is 9.18 Å². The highest BCUT2D eigenvalue weighted by molar-refractivity contribution is 6.30. The quantitative estimate of drug-likeness (QED) is 0.317. The second kappa shape index (κ2) is 11.1. The van der Waals surface area contributed by atoms with Gasteiger partial charge in [-0.1, -0.05) is 17.7 Å². The van der Waals surface area contributed by atoms with Crippen molar-refractivity contribution in [1.29, 1.82) is 0 Å². The van der Waals surface area contributed by atoms with Gasteiger partial charge in [-0.3, -0.25) is 9.78 Å². The Labute approximate surface area is 234 Å². The van der Waals surface area contributed by atoms with Crippen molar-refractivity contribution in [3.63, 3.8) is 0 Å². The molecule has 8 nitrogen and oxygen atoms in total. The van der Waals surface area contributed by atoms with Gasteiger partial charge in [-0.15, -0.1) is 0 Å². The van der Waals surface area contributed by atoms with E-state index in [4.69, 9.17) is 26.1 Å². The fourth-order valence-electron chi connectivity index (χ4n) is 4.82. The van der Waals surface area contributed by atoms with Crippen molar-refractivity contribution < 1.29 is 18.7 Å². The van der Waals surface area contributed by atoms with E-state index in [-0.39, 0.29) is 28.4 Å². The molecule has 0 saturated heterocycles. The Kier molecular flexibility index (Phi) is 8.21. The molecule has 1 N–H and O–H groups in total. The van der Waals surface area contributed by atoms with Gasteiger partial charge in [-0.05, 0) is 79.4 Å². The Hall–Kier alpha value is -3.20. The largest absolute Gasteiger partial charge is 0.487 e. The van der Waals surface area contributed by atoms with E-state index in [1.165, 1.54) is 6.07 Å². The summed E-state index contributed by atoms with van der Waals surface area (Å²) in [5, 5.41) is 7.74. The number of carbonyl (C=O) groups is 1. The number of carbonyl (C=O) groups excluding carboxylic acids is 1. The van der Waals surface area contributed by atoms with Crippen LogP contribution in [-0.2, 0) is 21.5 Å². The Morgan fingerprint density at radius 3 is 2.54 bits per heavy atom. The number of aromatic nitrogens is 4. The number of esters is 1. The summed E-state index contributed by atoms with van der Waals surface area (Å²) in [5.74, 6) is 0.633. The van der Waals surface area contributed by atoms with Crippen LogP contribution in [0, 0.1) is 11.2 Å². The number of rotatable bonds is 7. The predicted molar refractivity (Wildman–Crippen MR) is 149 cm³/mol. The van der Waals surface area contributed by atoms with Crippen molar-refractivity contribution in [2.75, 3.05) is 5.32 Å². The van der Waals surface area contributed by atoms with Crippen LogP contribution in [0.4, 0.5) is 16.0 Å². The van der Waals surface area contributed by atoms with Gasteiger partial charge in [0.15, 0.2) is 11.6 Å². The third-order valence-electron chi connectivity index (χ3n) is 6.67. The minimum absolute atomic E-state index is 0.0176. The number of ether oxygens (including phenoxy) is 2. The Balaban J connectivity index is 1.53. The highest BCUT2D eigenvalue weighted by Gasteiger charge is 2.45. The Morgan fingerprint density at radius 1 is 1.15 bits per heavy atom. The molecule has 2 heterocycles. The molecule has 10 heteroatoms. The zero-order valence-electron chi connectivity index (χ0n) is 23.4. The van der Waals surface area contributed by atoms with Crippen LogP contribution in [0.2, 0.25) is 5.02 Å². The summed E-state index contributed by atoms with van der Waals surface area (Å²) >= 11 is 5.92. The molecule has 0 radical (unpaired) electrons. The maximum Gasteiger partial charge on any atom is 0.312 e. The summed E-state index contributed by atoms with van der Waals surface area (Å²) in [6.07, 6.45) is 7.30. The van der Waals surface area contributed by atoms with Gasteiger partial charge in [0.1, 0.15) is 17.2 Å². The number of hydrogen-bond acceptors (Lipinski definition) is 7. The molecule has 0 unspecified atom stereocenters. The summed E-state index contributed by atoms with van der Waals surface area (Å²) in [6, 6.07) is 6.59. The summed E-state index contributed by atoms with van der Waals surface area (Å²) in [5.41, 5.74) is -0.984. The average Bonchev–Trinajstić information content (AvgIpc) is 3.31. The number of anilines is 2. The van der Waals surface area contributed by atoms with E-state index in [0.717, 1.165) is 5.82 Å². The lowest BCUT2D eigenvalue weighted by molar-refractivity contribution is -0.171. The third kappa shape index (κ3) is 7.06. The number of halogens is 2. The van der Waals surface area contributed by atoms with Gasteiger partial charge in [-0.25, -0.2) is 14.1 Å². The fraction of sp³-hybridized carbons (Fsp3) is 0.517. The van der Waals surface area contributed by atoms with E-state index >= 15 is 0 Å². The second-order valence-corrected chi connectivity index (χ2v) is 12.6. The topological polar surface area (TPSA) is 91.2 Å². The number of benzene rings is 1. The third-order valence-corrected chi connectivity index (χ3v) is 6.96. The fourth-order valence-corrected chi connectivity index (χ4v) is 4.98. The van der Waals surface area contributed by atoms with Crippen LogP contribution < -0.4 is 10.1 Å². The first-order chi connectivity index (χ1) is 18.3. The van der Waals surface area contributed by atoms with Crippen LogP contribution in [0.5, 0.6) is 5.75 Å². The molecule has 1 aliphatic rings. The van der Waals surface area contributed by atoms with Crippen molar-refractivity contribution in [2.45, 2.75) is 90.9 Å². The van der Waals surface area contributed by atoms with Crippen molar-refractivity contribution in [1.82, 2.24) is 19.7 Å². The molecule has 0 atom stereocenters. The first kappa shape index (κ1) is 28.8. The molecule has 0 amide bonds. The summed E-state index contributed by atoms with van der Waals surface area (Å²) < 4.78 is 28.1. The standard InChI is InChI=1S/C29H37ClFN5O3/c1-27(2,3)36-24(12-15-33-36)35-23-18-32-17-19(34-23)16-29(26(37)39-28(4,5)6)13-10-20(11-14-29)38-22-9-7-8-21(30)25(22)31/h7-9,12,15,17-18,20H,10-11,13-14,16H2,1-6H3,(H,34,35)/t20-,29-. The Morgan fingerprint density at radius 2 is 1.87 bits per heavy atom. The van der Waals surface area contributed by atoms with Crippen LogP contribution in [0.3, 0.4) is 0 Å². The monoisotopic (exact) mass is 557 g/mol. The summed E-state index contributed by atoms with van der Waals surface area (Å²) in [6.45, 7) is 11.8. The summed E-state index contributed by atoms with van der Waals surface area (Å²) in [7, 11) is 0. The van der Waals surface area contributed by atoms with Crippen molar-refractivity contribution in [3.05, 3.63) is 59.4 Å². The Bertz CT molecular complexity index is 1310. The maximum atomic E-state index is 14.4. The molecular formula is C29H37ClFN5O3. The highest BCUT2D eigenvalue weighted by Crippen LogP contribution is 2.42. The number of hydrogen-bond donors (Lipinski definition) is 1. The molecule has 0 spiro atoms. The van der Waals surface area contributed by atoms with Gasteiger partial charge in [0.2, 0.25) is 0 Å². The molecular weight excluding hydrogens is 521 g/mol. The maximum absolute atomic E-state index is 14.4. The first-order valence-electron chi connectivity index (χ1n) is 13.2. The molecule has 210 valence electrons. The molecule has 0 bridgehead atoms. The average molecular weight is 558 g/mol. The van der Waals surface area contributed by atoms with Gasteiger partial charge in [0, 0.05) is 18.7 Å². The van der Waals surface area contributed by atoms with Gasteiger partial charge in [-0.2, -0.15) is 5.10 Å². The van der Waals surface area contributed by atoms with Crippen LogP contribution in [-0.4, -0.2) is 37.4 Å². The summed E-state index contributed by atoms with van der Waals surface area (Å²) in [4.78, 5) is 22.8. The van der Waals surface area contributed by atoms with E-state index in [0.29, 0.717) is 43.6 Å². The molecule has 1 saturated carbocycles. The minimum Gasteiger partial charge on any atom is -0.487 e. The number of nitrogens with zero attached hydrogens (tertiary/aromatic N) is 4. The highest BCUT2D eigenvalue weighted by atomic mass is 35.5. The van der Waals surface area contributed by atoms with E-state index < -0.39 is 16.8 Å². The molecule has 1 aliphatic carbocycles. The van der Waals surface area contributed by atoms with E-state index in [2.05, 4.69) is 36.2 Å². The van der Waals surface area contributed by atoms with Crippen LogP contribution >= 0.6 is 11.6 Å². The van der Waals surface area contributed by atoms with Gasteiger partial charge >= 0.3 is 5.97 Å². The minimum atomic E-state index is -0.805. The smallest absolute Gasteiger partial charge is 0.312 e. The normalized spacial score (nSPS) is 19.9. The zero-order valence-corrected chi connectivity index (χ0v) is 24.2. The zero-order chi connectivity index (χ0) is 28.4. The molecule has 0 aliphatic heterocycles. The van der Waals surface area contributed by atoms with Crippen molar-refractivity contribution in [3.8, 4) is 5.75 Å². The van der Waals surface area contributed by atoms with Crippen LogP contribution in [0.25, 0.3) is 0 Å². The van der Waals surface area contributed by atoms with Gasteiger partial charge in [0.25, 0.3) is 0 Å². The lowest BCUT2D eigenvalue weighted by atomic mass is 9.70. The van der Waals surface area contributed by atoms with Crippen molar-refractivity contribution in [2.24, 2.45) is 5.41 Å². The van der Waals surface area contributed by atoms with Gasteiger partial charge < -0.3 is 14.8 Å². The molecule has 4 rings (SSSR count). The number of nitrogens with one attached hydrogen (secondary N) is 1. The first-order valence-corrected chi connectivity index (χ1v) is 13.6.